The van der Waals surface area contributed by atoms with Crippen molar-refractivity contribution in [2.45, 2.75) is 12.8 Å². The number of halogens is 2. The summed E-state index contributed by atoms with van der Waals surface area (Å²) in [7, 11) is 0. The molecule has 0 spiro atoms. The molecular weight excluding hydrogens is 304 g/mol. The molecule has 17 heavy (non-hydrogen) atoms. The minimum absolute atomic E-state index is 0.0619. The zero-order chi connectivity index (χ0) is 12.3. The lowest BCUT2D eigenvalue weighted by Crippen LogP contribution is -2.38. The van der Waals surface area contributed by atoms with Crippen LogP contribution in [0.1, 0.15) is 23.2 Å². The molecule has 3 nitrogen and oxygen atoms in total. The van der Waals surface area contributed by atoms with Crippen molar-refractivity contribution in [3.63, 3.8) is 0 Å². The maximum Gasteiger partial charge on any atom is 0.255 e. The van der Waals surface area contributed by atoms with Gasteiger partial charge < -0.3 is 4.90 Å². The third-order valence-electron chi connectivity index (χ3n) is 3.07. The maximum atomic E-state index is 12.2. The van der Waals surface area contributed by atoms with Crippen LogP contribution in [-0.4, -0.2) is 34.8 Å². The number of hydrogen-bond donors (Lipinski definition) is 0. The first-order valence-corrected chi connectivity index (χ1v) is 6.99. The molecule has 0 aromatic carbocycles. The van der Waals surface area contributed by atoms with Crippen LogP contribution in [0, 0.1) is 5.92 Å². The van der Waals surface area contributed by atoms with Crippen molar-refractivity contribution >= 4 is 33.4 Å². The van der Waals surface area contributed by atoms with Gasteiger partial charge >= 0.3 is 0 Å². The number of pyridine rings is 1. The van der Waals surface area contributed by atoms with Crippen LogP contribution in [-0.2, 0) is 0 Å². The van der Waals surface area contributed by atoms with Crippen molar-refractivity contribution in [2.24, 2.45) is 5.92 Å². The van der Waals surface area contributed by atoms with Crippen molar-refractivity contribution in [3.8, 4) is 0 Å². The molecule has 92 valence electrons. The first kappa shape index (κ1) is 12.8. The number of alkyl halides is 1. The highest BCUT2D eigenvalue weighted by atomic mass is 79.9. The summed E-state index contributed by atoms with van der Waals surface area (Å²) >= 11 is 9.15. The maximum absolute atomic E-state index is 12.2. The molecule has 1 saturated heterocycles. The lowest BCUT2D eigenvalue weighted by Gasteiger charge is -2.31. The van der Waals surface area contributed by atoms with Crippen LogP contribution in [0.15, 0.2) is 22.9 Å². The number of aromatic nitrogens is 1. The Morgan fingerprint density at radius 3 is 2.76 bits per heavy atom. The van der Waals surface area contributed by atoms with Gasteiger partial charge in [0.2, 0.25) is 0 Å². The summed E-state index contributed by atoms with van der Waals surface area (Å²) < 4.78 is 0.832. The zero-order valence-electron chi connectivity index (χ0n) is 9.40. The fourth-order valence-corrected chi connectivity index (χ4v) is 2.68. The SMILES string of the molecule is O=C(c1cncc(Br)c1)N1CCC(CCl)CC1. The third-order valence-corrected chi connectivity index (χ3v) is 3.94. The van der Waals surface area contributed by atoms with Crippen LogP contribution >= 0.6 is 27.5 Å². The third kappa shape index (κ3) is 3.19. The average molecular weight is 318 g/mol. The van der Waals surface area contributed by atoms with E-state index >= 15 is 0 Å². The molecule has 1 aliphatic heterocycles. The molecule has 1 amide bonds. The number of carbonyl (C=O) groups is 1. The molecule has 1 aromatic heterocycles. The Morgan fingerprint density at radius 1 is 1.47 bits per heavy atom. The van der Waals surface area contributed by atoms with Crippen LogP contribution in [0.5, 0.6) is 0 Å². The standard InChI is InChI=1S/C12H14BrClN2O/c13-11-5-10(7-15-8-11)12(17)16-3-1-9(6-14)2-4-16/h5,7-9H,1-4,6H2. The number of carbonyl (C=O) groups excluding carboxylic acids is 1. The molecule has 0 N–H and O–H groups in total. The first-order valence-electron chi connectivity index (χ1n) is 5.66. The topological polar surface area (TPSA) is 33.2 Å². The Labute approximate surface area is 114 Å². The Balaban J connectivity index is 2.02. The van der Waals surface area contributed by atoms with E-state index in [1.54, 1.807) is 12.4 Å². The number of hydrogen-bond acceptors (Lipinski definition) is 2. The summed E-state index contributed by atoms with van der Waals surface area (Å²) in [6.45, 7) is 1.59. The highest BCUT2D eigenvalue weighted by molar-refractivity contribution is 9.10. The van der Waals surface area contributed by atoms with E-state index in [9.17, 15) is 4.79 Å². The van der Waals surface area contributed by atoms with Crippen molar-refractivity contribution < 1.29 is 4.79 Å². The number of amides is 1. The van der Waals surface area contributed by atoms with Gasteiger partial charge in [-0.2, -0.15) is 0 Å². The van der Waals surface area contributed by atoms with Crippen molar-refractivity contribution in [3.05, 3.63) is 28.5 Å². The van der Waals surface area contributed by atoms with Crippen molar-refractivity contribution in [1.82, 2.24) is 9.88 Å². The second-order valence-corrected chi connectivity index (χ2v) is 5.51. The minimum atomic E-state index is 0.0619. The van der Waals surface area contributed by atoms with Crippen LogP contribution in [0.2, 0.25) is 0 Å². The van der Waals surface area contributed by atoms with Crippen LogP contribution in [0.3, 0.4) is 0 Å². The predicted octanol–water partition coefficient (Wildman–Crippen LogP) is 2.94. The molecule has 0 atom stereocenters. The molecule has 1 fully saturated rings. The monoisotopic (exact) mass is 316 g/mol. The van der Waals surface area contributed by atoms with Gasteiger partial charge in [0.1, 0.15) is 0 Å². The lowest BCUT2D eigenvalue weighted by molar-refractivity contribution is 0.0697. The van der Waals surface area contributed by atoms with Gasteiger partial charge in [0.05, 0.1) is 5.56 Å². The van der Waals surface area contributed by atoms with E-state index in [1.807, 2.05) is 11.0 Å². The highest BCUT2D eigenvalue weighted by Crippen LogP contribution is 2.20. The van der Waals surface area contributed by atoms with E-state index in [1.165, 1.54) is 0 Å². The molecule has 0 bridgehead atoms. The molecule has 2 heterocycles. The van der Waals surface area contributed by atoms with Crippen LogP contribution < -0.4 is 0 Å². The van der Waals surface area contributed by atoms with E-state index in [0.29, 0.717) is 17.4 Å². The van der Waals surface area contributed by atoms with Crippen LogP contribution in [0.25, 0.3) is 0 Å². The van der Waals surface area contributed by atoms with E-state index in [0.717, 1.165) is 30.4 Å². The van der Waals surface area contributed by atoms with E-state index in [-0.39, 0.29) is 5.91 Å². The number of nitrogens with zero attached hydrogens (tertiary/aromatic N) is 2. The van der Waals surface area contributed by atoms with E-state index < -0.39 is 0 Å². The fourth-order valence-electron chi connectivity index (χ4n) is 2.00. The van der Waals surface area contributed by atoms with Crippen LogP contribution in [0.4, 0.5) is 0 Å². The van der Waals surface area contributed by atoms with Crippen molar-refractivity contribution in [2.75, 3.05) is 19.0 Å². The average Bonchev–Trinajstić information content (AvgIpc) is 2.38. The second kappa shape index (κ2) is 5.83. The van der Waals surface area contributed by atoms with Gasteiger partial charge in [-0.1, -0.05) is 0 Å². The number of likely N-dealkylation sites (tertiary alicyclic amines) is 1. The molecular formula is C12H14BrClN2O. The summed E-state index contributed by atoms with van der Waals surface area (Å²) in [4.78, 5) is 18.1. The molecule has 0 radical (unpaired) electrons. The zero-order valence-corrected chi connectivity index (χ0v) is 11.7. The quantitative estimate of drug-likeness (QED) is 0.786. The molecule has 1 aliphatic rings. The Kier molecular flexibility index (Phi) is 4.40. The normalized spacial score (nSPS) is 17.2. The lowest BCUT2D eigenvalue weighted by atomic mass is 9.98. The second-order valence-electron chi connectivity index (χ2n) is 4.28. The molecule has 0 unspecified atom stereocenters. The highest BCUT2D eigenvalue weighted by Gasteiger charge is 2.23. The molecule has 2 rings (SSSR count). The summed E-state index contributed by atoms with van der Waals surface area (Å²) in [6, 6.07) is 1.81. The predicted molar refractivity (Wildman–Crippen MR) is 71.3 cm³/mol. The van der Waals surface area contributed by atoms with Gasteiger partial charge in [0.25, 0.3) is 5.91 Å². The van der Waals surface area contributed by atoms with Gasteiger partial charge in [-0.15, -0.1) is 11.6 Å². The minimum Gasteiger partial charge on any atom is -0.339 e. The summed E-state index contributed by atoms with van der Waals surface area (Å²) in [5.41, 5.74) is 0.642. The summed E-state index contributed by atoms with van der Waals surface area (Å²) in [5.74, 6) is 1.31. The van der Waals surface area contributed by atoms with Gasteiger partial charge in [-0.25, -0.2) is 0 Å². The largest absolute Gasteiger partial charge is 0.339 e. The molecule has 1 aromatic rings. The summed E-state index contributed by atoms with van der Waals surface area (Å²) in [6.07, 6.45) is 5.28. The van der Waals surface area contributed by atoms with Gasteiger partial charge in [-0.05, 0) is 40.8 Å². The van der Waals surface area contributed by atoms with Gasteiger partial charge in [0.15, 0.2) is 0 Å². The van der Waals surface area contributed by atoms with Gasteiger partial charge in [0, 0.05) is 35.8 Å². The number of rotatable bonds is 2. The van der Waals surface area contributed by atoms with Crippen molar-refractivity contribution in [1.29, 1.82) is 0 Å². The molecule has 5 heteroatoms. The summed E-state index contributed by atoms with van der Waals surface area (Å²) in [5, 5.41) is 0. The fraction of sp³-hybridized carbons (Fsp3) is 0.500. The first-order chi connectivity index (χ1) is 8.20. The smallest absolute Gasteiger partial charge is 0.255 e. The molecule has 0 saturated carbocycles. The molecule has 0 aliphatic carbocycles. The van der Waals surface area contributed by atoms with E-state index in [2.05, 4.69) is 20.9 Å². The Bertz CT molecular complexity index is 405. The Morgan fingerprint density at radius 2 is 2.18 bits per heavy atom. The van der Waals surface area contributed by atoms with Gasteiger partial charge in [-0.3, -0.25) is 9.78 Å². The van der Waals surface area contributed by atoms with E-state index in [4.69, 9.17) is 11.6 Å². The Hall–Kier alpha value is -0.610. The number of piperidine rings is 1.